The molecule has 2 N–H and O–H groups in total. The van der Waals surface area contributed by atoms with Crippen LogP contribution in [0.1, 0.15) is 5.56 Å². The lowest BCUT2D eigenvalue weighted by molar-refractivity contribution is -0.384. The molecule has 1 amide bonds. The highest BCUT2D eigenvalue weighted by Gasteiger charge is 2.21. The molecule has 3 aromatic rings. The van der Waals surface area contributed by atoms with E-state index in [9.17, 15) is 23.3 Å². The number of hydrogen-bond donors (Lipinski definition) is 2. The number of nitro benzene ring substituents is 1. The number of amides is 1. The third kappa shape index (κ3) is 6.24. The van der Waals surface area contributed by atoms with Crippen molar-refractivity contribution in [3.8, 4) is 0 Å². The number of nitro groups is 1. The van der Waals surface area contributed by atoms with Crippen molar-refractivity contribution in [1.82, 2.24) is 5.32 Å². The molecule has 3 aromatic carbocycles. The summed E-state index contributed by atoms with van der Waals surface area (Å²) in [5, 5.41) is 16.0. The highest BCUT2D eigenvalue weighted by Crippen LogP contribution is 2.22. The molecule has 0 saturated carbocycles. The summed E-state index contributed by atoms with van der Waals surface area (Å²) in [5.41, 5.74) is 1.59. The summed E-state index contributed by atoms with van der Waals surface area (Å²) in [5.74, 6) is -0.500. The van der Waals surface area contributed by atoms with E-state index in [0.717, 1.165) is 0 Å². The molecule has 9 nitrogen and oxygen atoms in total. The Labute approximate surface area is 201 Å². The van der Waals surface area contributed by atoms with Crippen LogP contribution in [0.25, 0.3) is 6.08 Å². The van der Waals surface area contributed by atoms with Crippen LogP contribution in [0.4, 0.5) is 17.1 Å². The summed E-state index contributed by atoms with van der Waals surface area (Å²) in [4.78, 5) is 22.3. The topological polar surface area (TPSA) is 122 Å². The third-order valence-electron chi connectivity index (χ3n) is 4.66. The molecular formula is C23H20N4O5S2. The Morgan fingerprint density at radius 3 is 2.21 bits per heavy atom. The molecule has 0 aliphatic carbocycles. The van der Waals surface area contributed by atoms with Crippen LogP contribution in [0, 0.1) is 10.1 Å². The molecule has 0 aromatic heterocycles. The van der Waals surface area contributed by atoms with Gasteiger partial charge in [-0.15, -0.1) is 0 Å². The molecular weight excluding hydrogens is 476 g/mol. The minimum Gasteiger partial charge on any atom is -0.332 e. The first-order valence-electron chi connectivity index (χ1n) is 9.85. The summed E-state index contributed by atoms with van der Waals surface area (Å²) in [7, 11) is -2.26. The summed E-state index contributed by atoms with van der Waals surface area (Å²) in [6.07, 6.45) is 2.73. The van der Waals surface area contributed by atoms with E-state index in [1.807, 2.05) is 0 Å². The number of nitrogens with zero attached hydrogens (tertiary/aromatic N) is 2. The van der Waals surface area contributed by atoms with Gasteiger partial charge in [0.15, 0.2) is 5.11 Å². The van der Waals surface area contributed by atoms with Crippen molar-refractivity contribution >= 4 is 56.4 Å². The normalized spacial score (nSPS) is 11.1. The van der Waals surface area contributed by atoms with Crippen LogP contribution in [0.2, 0.25) is 0 Å². The van der Waals surface area contributed by atoms with Gasteiger partial charge in [0.05, 0.1) is 15.5 Å². The van der Waals surface area contributed by atoms with E-state index in [1.165, 1.54) is 72.0 Å². The number of nitrogens with one attached hydrogen (secondary N) is 2. The molecule has 174 valence electrons. The molecule has 34 heavy (non-hydrogen) atoms. The molecule has 0 bridgehead atoms. The predicted octanol–water partition coefficient (Wildman–Crippen LogP) is 3.95. The maximum atomic E-state index is 12.8. The van der Waals surface area contributed by atoms with Gasteiger partial charge < -0.3 is 5.32 Å². The van der Waals surface area contributed by atoms with Gasteiger partial charge in [-0.1, -0.05) is 18.2 Å². The molecule has 0 unspecified atom stereocenters. The Balaban J connectivity index is 1.58. The van der Waals surface area contributed by atoms with Crippen LogP contribution in [-0.2, 0) is 14.8 Å². The van der Waals surface area contributed by atoms with Crippen LogP contribution in [-0.4, -0.2) is 31.4 Å². The number of para-hydroxylation sites is 1. The predicted molar refractivity (Wildman–Crippen MR) is 135 cm³/mol. The van der Waals surface area contributed by atoms with Gasteiger partial charge in [0.1, 0.15) is 0 Å². The molecule has 0 radical (unpaired) electrons. The minimum absolute atomic E-state index is 0.0235. The molecule has 0 aliphatic rings. The van der Waals surface area contributed by atoms with Crippen molar-refractivity contribution in [2.75, 3.05) is 16.7 Å². The maximum Gasteiger partial charge on any atom is 0.269 e. The molecule has 0 heterocycles. The first-order valence-corrected chi connectivity index (χ1v) is 11.7. The van der Waals surface area contributed by atoms with Gasteiger partial charge in [-0.2, -0.15) is 0 Å². The van der Waals surface area contributed by atoms with Gasteiger partial charge >= 0.3 is 0 Å². The second kappa shape index (κ2) is 10.7. The molecule has 0 fully saturated rings. The fraction of sp³-hybridized carbons (Fsp3) is 0.0435. The molecule has 11 heteroatoms. The number of hydrogen-bond acceptors (Lipinski definition) is 6. The zero-order valence-corrected chi connectivity index (χ0v) is 19.5. The van der Waals surface area contributed by atoms with Gasteiger partial charge in [0, 0.05) is 30.9 Å². The maximum absolute atomic E-state index is 12.8. The summed E-state index contributed by atoms with van der Waals surface area (Å²) >= 11 is 5.12. The average molecular weight is 497 g/mol. The van der Waals surface area contributed by atoms with E-state index in [-0.39, 0.29) is 15.7 Å². The minimum atomic E-state index is -3.74. The van der Waals surface area contributed by atoms with Crippen LogP contribution >= 0.6 is 12.2 Å². The van der Waals surface area contributed by atoms with Crippen molar-refractivity contribution in [2.24, 2.45) is 0 Å². The molecule has 0 aliphatic heterocycles. The fourth-order valence-electron chi connectivity index (χ4n) is 2.84. The largest absolute Gasteiger partial charge is 0.332 e. The van der Waals surface area contributed by atoms with Gasteiger partial charge in [-0.05, 0) is 72.4 Å². The number of benzene rings is 3. The van der Waals surface area contributed by atoms with Gasteiger partial charge in [0.2, 0.25) is 5.91 Å². The second-order valence-electron chi connectivity index (χ2n) is 6.96. The Kier molecular flexibility index (Phi) is 7.71. The quantitative estimate of drug-likeness (QED) is 0.220. The Bertz CT molecular complexity index is 1320. The second-order valence-corrected chi connectivity index (χ2v) is 9.34. The van der Waals surface area contributed by atoms with Crippen molar-refractivity contribution in [3.05, 3.63) is 101 Å². The first kappa shape index (κ1) is 24.6. The Morgan fingerprint density at radius 2 is 1.62 bits per heavy atom. The highest BCUT2D eigenvalue weighted by atomic mass is 32.2. The zero-order valence-electron chi connectivity index (χ0n) is 17.9. The van der Waals surface area contributed by atoms with Gasteiger partial charge in [-0.3, -0.25) is 24.5 Å². The van der Waals surface area contributed by atoms with Crippen LogP contribution < -0.4 is 14.9 Å². The van der Waals surface area contributed by atoms with Crippen molar-refractivity contribution in [1.29, 1.82) is 0 Å². The van der Waals surface area contributed by atoms with Gasteiger partial charge in [0.25, 0.3) is 15.7 Å². The van der Waals surface area contributed by atoms with Crippen LogP contribution in [0.15, 0.2) is 89.8 Å². The van der Waals surface area contributed by atoms with E-state index in [2.05, 4.69) is 10.6 Å². The summed E-state index contributed by atoms with van der Waals surface area (Å²) in [6, 6.07) is 20.4. The summed E-state index contributed by atoms with van der Waals surface area (Å²) < 4.78 is 26.9. The monoisotopic (exact) mass is 496 g/mol. The standard InChI is InChI=1S/C23H20N4O5S2/c1-26(19-5-3-2-4-6-19)34(31,32)21-14-10-18(11-15-21)24-23(33)25-22(28)16-9-17-7-12-20(13-8-17)27(29)30/h2-16H,1H3,(H2,24,25,28,33)/b16-9+. The summed E-state index contributed by atoms with van der Waals surface area (Å²) in [6.45, 7) is 0. The number of anilines is 2. The number of sulfonamides is 1. The number of carbonyl (C=O) groups excluding carboxylic acids is 1. The smallest absolute Gasteiger partial charge is 0.269 e. The van der Waals surface area contributed by atoms with Crippen LogP contribution in [0.3, 0.4) is 0 Å². The van der Waals surface area contributed by atoms with E-state index >= 15 is 0 Å². The average Bonchev–Trinajstić information content (AvgIpc) is 2.83. The van der Waals surface area contributed by atoms with Gasteiger partial charge in [-0.25, -0.2) is 8.42 Å². The Hall–Kier alpha value is -4.09. The lowest BCUT2D eigenvalue weighted by atomic mass is 10.2. The van der Waals surface area contributed by atoms with E-state index in [4.69, 9.17) is 12.2 Å². The van der Waals surface area contributed by atoms with Crippen molar-refractivity contribution in [3.63, 3.8) is 0 Å². The number of thiocarbonyl (C=S) groups is 1. The number of rotatable bonds is 7. The lowest BCUT2D eigenvalue weighted by Gasteiger charge is -2.19. The van der Waals surface area contributed by atoms with Crippen molar-refractivity contribution < 1.29 is 18.1 Å². The SMILES string of the molecule is CN(c1ccccc1)S(=O)(=O)c1ccc(NC(=S)NC(=O)/C=C/c2ccc([N+](=O)[O-])cc2)cc1. The molecule has 0 atom stereocenters. The van der Waals surface area contributed by atoms with Crippen molar-refractivity contribution in [2.45, 2.75) is 4.90 Å². The van der Waals surface area contributed by atoms with E-state index in [1.54, 1.807) is 30.3 Å². The third-order valence-corrected chi connectivity index (χ3v) is 6.66. The molecule has 0 spiro atoms. The fourth-order valence-corrected chi connectivity index (χ4v) is 4.25. The zero-order chi connectivity index (χ0) is 24.7. The first-order chi connectivity index (χ1) is 16.2. The lowest BCUT2D eigenvalue weighted by Crippen LogP contribution is -2.32. The number of carbonyl (C=O) groups is 1. The van der Waals surface area contributed by atoms with E-state index < -0.39 is 20.9 Å². The Morgan fingerprint density at radius 1 is 1.00 bits per heavy atom. The van der Waals surface area contributed by atoms with Crippen LogP contribution in [0.5, 0.6) is 0 Å². The highest BCUT2D eigenvalue weighted by molar-refractivity contribution is 7.92. The molecule has 3 rings (SSSR count). The number of non-ortho nitro benzene ring substituents is 1. The van der Waals surface area contributed by atoms with E-state index in [0.29, 0.717) is 16.9 Å². The molecule has 0 saturated heterocycles.